The lowest BCUT2D eigenvalue weighted by atomic mass is 9.79. The predicted molar refractivity (Wildman–Crippen MR) is 140 cm³/mol. The minimum Gasteiger partial charge on any atom is -0.334 e. The number of nitrogens with zero attached hydrogens (tertiary/aromatic N) is 1. The summed E-state index contributed by atoms with van der Waals surface area (Å²) < 4.78 is 26.2. The number of fused-ring (bicyclic) bond motifs is 2. The van der Waals surface area contributed by atoms with Crippen molar-refractivity contribution in [2.45, 2.75) is 75.1 Å². The number of amides is 2. The summed E-state index contributed by atoms with van der Waals surface area (Å²) in [5, 5.41) is 3.06. The zero-order valence-corrected chi connectivity index (χ0v) is 21.5. The van der Waals surface area contributed by atoms with E-state index in [9.17, 15) is 13.2 Å². The van der Waals surface area contributed by atoms with Crippen molar-refractivity contribution in [3.05, 3.63) is 64.7 Å². The summed E-state index contributed by atoms with van der Waals surface area (Å²) in [4.78, 5) is 15.5. The third-order valence-corrected chi connectivity index (χ3v) is 9.59. The van der Waals surface area contributed by atoms with Gasteiger partial charge in [-0.05, 0) is 99.0 Å². The van der Waals surface area contributed by atoms with Crippen molar-refractivity contribution in [3.8, 4) is 0 Å². The maximum Gasteiger partial charge on any atom is 0.322 e. The Morgan fingerprint density at radius 3 is 2.40 bits per heavy atom. The normalized spacial score (nSPS) is 19.3. The van der Waals surface area contributed by atoms with Gasteiger partial charge in [-0.25, -0.2) is 17.9 Å². The number of hydrogen-bond acceptors (Lipinski definition) is 3. The van der Waals surface area contributed by atoms with Crippen LogP contribution in [0.5, 0.6) is 0 Å². The Labute approximate surface area is 208 Å². The maximum atomic E-state index is 13.3. The fraction of sp³-hybridized carbons (Fsp3) is 0.464. The second-order valence-electron chi connectivity index (χ2n) is 10.3. The largest absolute Gasteiger partial charge is 0.334 e. The number of anilines is 1. The lowest BCUT2D eigenvalue weighted by Crippen LogP contribution is -2.41. The topological polar surface area (TPSA) is 78.5 Å². The van der Waals surface area contributed by atoms with Gasteiger partial charge in [0.1, 0.15) is 0 Å². The number of urea groups is 1. The Morgan fingerprint density at radius 1 is 1.00 bits per heavy atom. The first-order valence-electron chi connectivity index (χ1n) is 12.7. The van der Waals surface area contributed by atoms with Crippen LogP contribution in [0.3, 0.4) is 0 Å². The van der Waals surface area contributed by atoms with E-state index in [4.69, 9.17) is 0 Å². The number of benzene rings is 2. The standard InChI is InChI=1S/C28H35N3O3S/c1-20-7-3-4-8-24(20)22-11-14-26-25(17-22)28(15-5-6-16-28)19-31(26)27(32)30-18-21-9-12-23(13-10-21)35(33,34)29-2/h9-14,17,29H,3-8,15-16,18-19H2,1-2H3,(H,30,32). The van der Waals surface area contributed by atoms with Gasteiger partial charge in [0.05, 0.1) is 4.90 Å². The quantitative estimate of drug-likeness (QED) is 0.579. The molecule has 3 aliphatic rings. The highest BCUT2D eigenvalue weighted by atomic mass is 32.2. The average molecular weight is 494 g/mol. The van der Waals surface area contributed by atoms with Crippen molar-refractivity contribution in [1.29, 1.82) is 0 Å². The molecule has 7 heteroatoms. The summed E-state index contributed by atoms with van der Waals surface area (Å²) in [5.41, 5.74) is 7.66. The molecule has 1 aliphatic heterocycles. The molecule has 1 heterocycles. The molecule has 1 fully saturated rings. The molecular weight excluding hydrogens is 458 g/mol. The van der Waals surface area contributed by atoms with Crippen molar-refractivity contribution in [1.82, 2.24) is 10.0 Å². The van der Waals surface area contributed by atoms with Crippen LogP contribution in [0.1, 0.15) is 75.0 Å². The Bertz CT molecular complexity index is 1260. The van der Waals surface area contributed by atoms with E-state index in [0.29, 0.717) is 6.54 Å². The van der Waals surface area contributed by atoms with Crippen LogP contribution >= 0.6 is 0 Å². The van der Waals surface area contributed by atoms with E-state index in [2.05, 4.69) is 35.2 Å². The highest BCUT2D eigenvalue weighted by Gasteiger charge is 2.46. The fourth-order valence-electron chi connectivity index (χ4n) is 6.14. The second-order valence-corrected chi connectivity index (χ2v) is 12.2. The van der Waals surface area contributed by atoms with Crippen molar-refractivity contribution in [2.24, 2.45) is 0 Å². The van der Waals surface area contributed by atoms with Gasteiger partial charge in [-0.2, -0.15) is 0 Å². The third-order valence-electron chi connectivity index (χ3n) is 8.16. The van der Waals surface area contributed by atoms with E-state index >= 15 is 0 Å². The van der Waals surface area contributed by atoms with Crippen LogP contribution in [0.15, 0.2) is 52.9 Å². The highest BCUT2D eigenvalue weighted by molar-refractivity contribution is 7.89. The van der Waals surface area contributed by atoms with E-state index in [-0.39, 0.29) is 16.3 Å². The third kappa shape index (κ3) is 4.52. The van der Waals surface area contributed by atoms with Gasteiger partial charge in [-0.3, -0.25) is 4.90 Å². The molecule has 0 saturated heterocycles. The van der Waals surface area contributed by atoms with Crippen molar-refractivity contribution < 1.29 is 13.2 Å². The van der Waals surface area contributed by atoms with Crippen molar-refractivity contribution >= 4 is 27.3 Å². The summed E-state index contributed by atoms with van der Waals surface area (Å²) in [6, 6.07) is 13.3. The smallest absolute Gasteiger partial charge is 0.322 e. The molecule has 0 aromatic heterocycles. The van der Waals surface area contributed by atoms with Gasteiger partial charge in [-0.15, -0.1) is 0 Å². The Balaban J connectivity index is 1.36. The van der Waals surface area contributed by atoms with Gasteiger partial charge in [-0.1, -0.05) is 36.6 Å². The van der Waals surface area contributed by atoms with E-state index in [1.165, 1.54) is 61.4 Å². The first kappa shape index (κ1) is 24.1. The monoisotopic (exact) mass is 493 g/mol. The molecule has 1 spiro atoms. The van der Waals surface area contributed by atoms with E-state index < -0.39 is 10.0 Å². The highest BCUT2D eigenvalue weighted by Crippen LogP contribution is 2.51. The molecule has 2 aromatic carbocycles. The molecule has 0 atom stereocenters. The van der Waals surface area contributed by atoms with Crippen LogP contribution in [0, 0.1) is 0 Å². The minimum atomic E-state index is -3.47. The number of allylic oxidation sites excluding steroid dienone is 2. The van der Waals surface area contributed by atoms with Gasteiger partial charge in [0.2, 0.25) is 10.0 Å². The van der Waals surface area contributed by atoms with E-state index in [0.717, 1.165) is 37.1 Å². The fourth-order valence-corrected chi connectivity index (χ4v) is 6.87. The number of nitrogens with one attached hydrogen (secondary N) is 2. The molecule has 1 saturated carbocycles. The molecule has 0 radical (unpaired) electrons. The molecule has 6 nitrogen and oxygen atoms in total. The van der Waals surface area contributed by atoms with Gasteiger partial charge >= 0.3 is 6.03 Å². The zero-order valence-electron chi connectivity index (χ0n) is 20.7. The SMILES string of the molecule is CNS(=O)(=O)c1ccc(CNC(=O)N2CC3(CCCC3)c3cc(C4=C(C)CCCC4)ccc32)cc1. The Hall–Kier alpha value is -2.64. The summed E-state index contributed by atoms with van der Waals surface area (Å²) in [6.07, 6.45) is 9.56. The Kier molecular flexibility index (Phi) is 6.49. The molecule has 186 valence electrons. The van der Waals surface area contributed by atoms with Crippen LogP contribution in [-0.2, 0) is 22.0 Å². The molecule has 0 bridgehead atoms. The molecule has 2 aromatic rings. The van der Waals surface area contributed by atoms with Crippen LogP contribution in [0.4, 0.5) is 10.5 Å². The molecule has 35 heavy (non-hydrogen) atoms. The van der Waals surface area contributed by atoms with Crippen LogP contribution < -0.4 is 14.9 Å². The minimum absolute atomic E-state index is 0.0645. The molecule has 5 rings (SSSR count). The van der Waals surface area contributed by atoms with Gasteiger partial charge in [0, 0.05) is 24.2 Å². The van der Waals surface area contributed by atoms with E-state index in [1.807, 2.05) is 4.90 Å². The Morgan fingerprint density at radius 2 is 1.71 bits per heavy atom. The number of sulfonamides is 1. The number of carbonyl (C=O) groups excluding carboxylic acids is 1. The lowest BCUT2D eigenvalue weighted by Gasteiger charge is -2.25. The summed E-state index contributed by atoms with van der Waals surface area (Å²) in [7, 11) is -2.08. The molecule has 2 N–H and O–H groups in total. The number of hydrogen-bond donors (Lipinski definition) is 2. The number of carbonyl (C=O) groups is 1. The van der Waals surface area contributed by atoms with Crippen LogP contribution in [0.25, 0.3) is 5.57 Å². The molecule has 0 unspecified atom stereocenters. The first-order valence-corrected chi connectivity index (χ1v) is 14.2. The van der Waals surface area contributed by atoms with Gasteiger partial charge < -0.3 is 5.32 Å². The summed E-state index contributed by atoms with van der Waals surface area (Å²) in [6.45, 7) is 3.35. The molecular formula is C28H35N3O3S. The summed E-state index contributed by atoms with van der Waals surface area (Å²) in [5.74, 6) is 0. The first-order chi connectivity index (χ1) is 16.8. The van der Waals surface area contributed by atoms with Gasteiger partial charge in [0.25, 0.3) is 0 Å². The second kappa shape index (κ2) is 9.43. The number of rotatable bonds is 5. The van der Waals surface area contributed by atoms with Gasteiger partial charge in [0.15, 0.2) is 0 Å². The molecule has 2 amide bonds. The maximum absolute atomic E-state index is 13.3. The average Bonchev–Trinajstić information content (AvgIpc) is 3.48. The van der Waals surface area contributed by atoms with Crippen molar-refractivity contribution in [2.75, 3.05) is 18.5 Å². The van der Waals surface area contributed by atoms with Crippen LogP contribution in [0.2, 0.25) is 0 Å². The van der Waals surface area contributed by atoms with E-state index in [1.54, 1.807) is 24.3 Å². The van der Waals surface area contributed by atoms with Crippen molar-refractivity contribution in [3.63, 3.8) is 0 Å². The predicted octanol–water partition coefficient (Wildman–Crippen LogP) is 5.48. The van der Waals surface area contributed by atoms with Crippen LogP contribution in [-0.4, -0.2) is 28.0 Å². The zero-order chi connectivity index (χ0) is 24.6. The molecule has 2 aliphatic carbocycles. The summed E-state index contributed by atoms with van der Waals surface area (Å²) >= 11 is 0. The lowest BCUT2D eigenvalue weighted by molar-refractivity contribution is 0.245.